The van der Waals surface area contributed by atoms with Crippen molar-refractivity contribution in [1.82, 2.24) is 5.32 Å². The van der Waals surface area contributed by atoms with Crippen LogP contribution in [0, 0.1) is 0 Å². The number of nitrogens with two attached hydrogens (primary N) is 1. The molecule has 92 valence electrons. The van der Waals surface area contributed by atoms with Crippen LogP contribution >= 0.6 is 22.9 Å². The lowest BCUT2D eigenvalue weighted by molar-refractivity contribution is 0.471. The van der Waals surface area contributed by atoms with Crippen molar-refractivity contribution >= 4 is 22.9 Å². The normalized spacial score (nSPS) is 12.0. The van der Waals surface area contributed by atoms with Crippen molar-refractivity contribution in [2.75, 3.05) is 19.6 Å². The van der Waals surface area contributed by atoms with E-state index >= 15 is 0 Å². The first-order valence-electron chi connectivity index (χ1n) is 5.73. The van der Waals surface area contributed by atoms with Crippen molar-refractivity contribution in [3.8, 4) is 0 Å². The monoisotopic (exact) mass is 260 g/mol. The van der Waals surface area contributed by atoms with Crippen LogP contribution in [-0.4, -0.2) is 19.6 Å². The predicted molar refractivity (Wildman–Crippen MR) is 73.5 cm³/mol. The summed E-state index contributed by atoms with van der Waals surface area (Å²) in [5.74, 6) is 0. The van der Waals surface area contributed by atoms with E-state index < -0.39 is 0 Å². The molecule has 1 heterocycles. The Kier molecular flexibility index (Phi) is 5.76. The highest BCUT2D eigenvalue weighted by Crippen LogP contribution is 2.31. The highest BCUT2D eigenvalue weighted by atomic mass is 35.5. The first kappa shape index (κ1) is 14.0. The SMILES string of the molecule is CC(C)(CNCCCCN)c1ccc(Cl)s1. The van der Waals surface area contributed by atoms with Crippen molar-refractivity contribution in [1.29, 1.82) is 0 Å². The summed E-state index contributed by atoms with van der Waals surface area (Å²) in [6.07, 6.45) is 2.25. The van der Waals surface area contributed by atoms with Gasteiger partial charge in [0.25, 0.3) is 0 Å². The summed E-state index contributed by atoms with van der Waals surface area (Å²) in [6, 6.07) is 4.09. The van der Waals surface area contributed by atoms with Crippen LogP contribution in [0.2, 0.25) is 4.34 Å². The third-order valence-electron chi connectivity index (χ3n) is 2.61. The van der Waals surface area contributed by atoms with E-state index in [2.05, 4.69) is 25.2 Å². The quantitative estimate of drug-likeness (QED) is 0.740. The van der Waals surface area contributed by atoms with E-state index in [0.29, 0.717) is 0 Å². The standard InChI is InChI=1S/C12H21ClN2S/c1-12(2,9-15-8-4-3-7-14)10-5-6-11(13)16-10/h5-6,15H,3-4,7-9,14H2,1-2H3. The minimum atomic E-state index is 0.153. The molecule has 0 aliphatic carbocycles. The second kappa shape index (κ2) is 6.60. The van der Waals surface area contributed by atoms with Gasteiger partial charge < -0.3 is 11.1 Å². The molecule has 0 aliphatic rings. The van der Waals surface area contributed by atoms with E-state index in [1.165, 1.54) is 4.88 Å². The maximum atomic E-state index is 5.95. The van der Waals surface area contributed by atoms with Gasteiger partial charge >= 0.3 is 0 Å². The third-order valence-corrected chi connectivity index (χ3v) is 4.21. The Balaban J connectivity index is 2.34. The fourth-order valence-electron chi connectivity index (χ4n) is 1.56. The fourth-order valence-corrected chi connectivity index (χ4v) is 2.70. The van der Waals surface area contributed by atoms with Crippen LogP contribution in [0.3, 0.4) is 0 Å². The lowest BCUT2D eigenvalue weighted by atomic mass is 9.91. The lowest BCUT2D eigenvalue weighted by Gasteiger charge is -2.23. The van der Waals surface area contributed by atoms with Crippen LogP contribution in [0.5, 0.6) is 0 Å². The summed E-state index contributed by atoms with van der Waals surface area (Å²) >= 11 is 7.62. The summed E-state index contributed by atoms with van der Waals surface area (Å²) in [5.41, 5.74) is 5.60. The molecule has 3 N–H and O–H groups in total. The second-order valence-corrected chi connectivity index (χ2v) is 6.38. The molecule has 0 bridgehead atoms. The van der Waals surface area contributed by atoms with Crippen LogP contribution < -0.4 is 11.1 Å². The van der Waals surface area contributed by atoms with Crippen LogP contribution in [0.15, 0.2) is 12.1 Å². The average molecular weight is 261 g/mol. The van der Waals surface area contributed by atoms with Gasteiger partial charge in [0, 0.05) is 16.8 Å². The molecule has 0 spiro atoms. The van der Waals surface area contributed by atoms with Gasteiger partial charge in [0.15, 0.2) is 0 Å². The molecule has 0 atom stereocenters. The zero-order chi connectivity index (χ0) is 12.0. The van der Waals surface area contributed by atoms with E-state index in [-0.39, 0.29) is 5.41 Å². The van der Waals surface area contributed by atoms with Gasteiger partial charge in [-0.05, 0) is 38.1 Å². The molecule has 16 heavy (non-hydrogen) atoms. The molecular formula is C12H21ClN2S. The molecule has 1 aromatic rings. The number of rotatable bonds is 7. The minimum absolute atomic E-state index is 0.153. The molecule has 0 fully saturated rings. The van der Waals surface area contributed by atoms with Crippen molar-refractivity contribution in [3.05, 3.63) is 21.3 Å². The number of thiophene rings is 1. The number of hydrogen-bond donors (Lipinski definition) is 2. The second-order valence-electron chi connectivity index (χ2n) is 4.66. The van der Waals surface area contributed by atoms with E-state index in [0.717, 1.165) is 36.8 Å². The Morgan fingerprint density at radius 3 is 2.69 bits per heavy atom. The molecule has 0 saturated heterocycles. The summed E-state index contributed by atoms with van der Waals surface area (Å²) in [7, 11) is 0. The average Bonchev–Trinajstić information content (AvgIpc) is 2.65. The third kappa shape index (κ3) is 4.42. The van der Waals surface area contributed by atoms with Crippen molar-refractivity contribution in [2.45, 2.75) is 32.1 Å². The van der Waals surface area contributed by atoms with Gasteiger partial charge in [-0.2, -0.15) is 0 Å². The molecule has 1 aromatic heterocycles. The first-order chi connectivity index (χ1) is 7.56. The van der Waals surface area contributed by atoms with Crippen LogP contribution in [0.1, 0.15) is 31.6 Å². The Labute approximate surface area is 107 Å². The Hall–Kier alpha value is -0.0900. The van der Waals surface area contributed by atoms with Crippen LogP contribution in [0.4, 0.5) is 0 Å². The Morgan fingerprint density at radius 2 is 2.12 bits per heavy atom. The van der Waals surface area contributed by atoms with Gasteiger partial charge in [-0.25, -0.2) is 0 Å². The fraction of sp³-hybridized carbons (Fsp3) is 0.667. The zero-order valence-corrected chi connectivity index (χ0v) is 11.6. The highest BCUT2D eigenvalue weighted by molar-refractivity contribution is 7.16. The molecule has 0 amide bonds. The van der Waals surface area contributed by atoms with Crippen molar-refractivity contribution in [3.63, 3.8) is 0 Å². The molecule has 0 unspecified atom stereocenters. The number of halogens is 1. The number of nitrogens with one attached hydrogen (secondary N) is 1. The smallest absolute Gasteiger partial charge is 0.0931 e. The molecule has 4 heteroatoms. The lowest BCUT2D eigenvalue weighted by Crippen LogP contribution is -2.32. The van der Waals surface area contributed by atoms with Gasteiger partial charge in [0.1, 0.15) is 0 Å². The predicted octanol–water partition coefficient (Wildman–Crippen LogP) is 3.01. The van der Waals surface area contributed by atoms with Gasteiger partial charge in [-0.15, -0.1) is 11.3 Å². The summed E-state index contributed by atoms with van der Waals surface area (Å²) in [6.45, 7) is 7.29. The van der Waals surface area contributed by atoms with E-state index in [9.17, 15) is 0 Å². The Morgan fingerprint density at radius 1 is 1.38 bits per heavy atom. The topological polar surface area (TPSA) is 38.0 Å². The molecule has 0 radical (unpaired) electrons. The maximum Gasteiger partial charge on any atom is 0.0931 e. The zero-order valence-electron chi connectivity index (χ0n) is 10.1. The maximum absolute atomic E-state index is 5.95. The summed E-state index contributed by atoms with van der Waals surface area (Å²) in [5, 5.41) is 3.48. The van der Waals surface area contributed by atoms with Crippen LogP contribution in [-0.2, 0) is 5.41 Å². The van der Waals surface area contributed by atoms with E-state index in [1.54, 1.807) is 11.3 Å². The summed E-state index contributed by atoms with van der Waals surface area (Å²) in [4.78, 5) is 1.34. The van der Waals surface area contributed by atoms with Gasteiger partial charge in [-0.3, -0.25) is 0 Å². The first-order valence-corrected chi connectivity index (χ1v) is 6.92. The molecular weight excluding hydrogens is 240 g/mol. The molecule has 1 rings (SSSR count). The van der Waals surface area contributed by atoms with E-state index in [4.69, 9.17) is 17.3 Å². The van der Waals surface area contributed by atoms with Crippen molar-refractivity contribution in [2.24, 2.45) is 5.73 Å². The minimum Gasteiger partial charge on any atom is -0.330 e. The van der Waals surface area contributed by atoms with Crippen LogP contribution in [0.25, 0.3) is 0 Å². The summed E-state index contributed by atoms with van der Waals surface area (Å²) < 4.78 is 0.867. The molecule has 0 aliphatic heterocycles. The van der Waals surface area contributed by atoms with Gasteiger partial charge in [0.05, 0.1) is 4.34 Å². The van der Waals surface area contributed by atoms with Gasteiger partial charge in [-0.1, -0.05) is 25.4 Å². The number of hydrogen-bond acceptors (Lipinski definition) is 3. The largest absolute Gasteiger partial charge is 0.330 e. The molecule has 0 aromatic carbocycles. The molecule has 0 saturated carbocycles. The van der Waals surface area contributed by atoms with Gasteiger partial charge in [0.2, 0.25) is 0 Å². The number of unbranched alkanes of at least 4 members (excludes halogenated alkanes) is 1. The van der Waals surface area contributed by atoms with E-state index in [1.807, 2.05) is 6.07 Å². The highest BCUT2D eigenvalue weighted by Gasteiger charge is 2.21. The molecule has 2 nitrogen and oxygen atoms in total. The van der Waals surface area contributed by atoms with Crippen molar-refractivity contribution < 1.29 is 0 Å². The Bertz CT molecular complexity index is 310.